The van der Waals surface area contributed by atoms with Crippen LogP contribution < -0.4 is 0 Å². The van der Waals surface area contributed by atoms with E-state index in [4.69, 9.17) is 9.84 Å². The van der Waals surface area contributed by atoms with Crippen molar-refractivity contribution in [3.05, 3.63) is 0 Å². The molecule has 4 nitrogen and oxygen atoms in total. The first kappa shape index (κ1) is 10.5. The van der Waals surface area contributed by atoms with Gasteiger partial charge in [-0.1, -0.05) is 6.92 Å². The number of likely N-dealkylation sites (tertiary alicyclic amines) is 1. The second-order valence-electron chi connectivity index (χ2n) is 3.78. The summed E-state index contributed by atoms with van der Waals surface area (Å²) in [5, 5.41) is 8.60. The molecule has 1 heterocycles. The van der Waals surface area contributed by atoms with Crippen molar-refractivity contribution in [2.75, 3.05) is 33.4 Å². The SMILES string of the molecule is COC[C@H]1CN(CC(=O)O)C[C@@H]1C. The predicted octanol–water partition coefficient (Wildman–Crippen LogP) is 0.285. The number of hydrogen-bond acceptors (Lipinski definition) is 3. The Morgan fingerprint density at radius 1 is 1.62 bits per heavy atom. The molecule has 13 heavy (non-hydrogen) atoms. The average molecular weight is 187 g/mol. The number of aliphatic carboxylic acids is 1. The topological polar surface area (TPSA) is 49.8 Å². The molecule has 4 heteroatoms. The van der Waals surface area contributed by atoms with Crippen molar-refractivity contribution < 1.29 is 14.6 Å². The quantitative estimate of drug-likeness (QED) is 0.687. The van der Waals surface area contributed by atoms with E-state index in [-0.39, 0.29) is 6.54 Å². The molecule has 1 N–H and O–H groups in total. The van der Waals surface area contributed by atoms with Crippen LogP contribution in [0.4, 0.5) is 0 Å². The molecule has 2 atom stereocenters. The van der Waals surface area contributed by atoms with E-state index in [1.807, 2.05) is 4.90 Å². The number of ether oxygens (including phenoxy) is 1. The molecule has 0 spiro atoms. The van der Waals surface area contributed by atoms with Gasteiger partial charge in [-0.25, -0.2) is 0 Å². The van der Waals surface area contributed by atoms with Crippen LogP contribution in [0.3, 0.4) is 0 Å². The molecule has 0 aliphatic carbocycles. The van der Waals surface area contributed by atoms with Gasteiger partial charge in [-0.05, 0) is 11.8 Å². The minimum atomic E-state index is -0.745. The van der Waals surface area contributed by atoms with Gasteiger partial charge in [0, 0.05) is 20.2 Å². The zero-order valence-electron chi connectivity index (χ0n) is 8.19. The van der Waals surface area contributed by atoms with Crippen molar-refractivity contribution in [1.29, 1.82) is 0 Å². The Labute approximate surface area is 78.5 Å². The lowest BCUT2D eigenvalue weighted by Crippen LogP contribution is -2.28. The summed E-state index contributed by atoms with van der Waals surface area (Å²) in [5.41, 5.74) is 0. The van der Waals surface area contributed by atoms with Crippen molar-refractivity contribution in [1.82, 2.24) is 4.90 Å². The molecule has 0 amide bonds. The van der Waals surface area contributed by atoms with Crippen molar-refractivity contribution in [3.63, 3.8) is 0 Å². The molecule has 1 fully saturated rings. The van der Waals surface area contributed by atoms with Gasteiger partial charge in [0.25, 0.3) is 0 Å². The first-order chi connectivity index (χ1) is 6.13. The maximum atomic E-state index is 10.5. The Balaban J connectivity index is 2.35. The van der Waals surface area contributed by atoms with Gasteiger partial charge in [0.05, 0.1) is 13.2 Å². The fraction of sp³-hybridized carbons (Fsp3) is 0.889. The van der Waals surface area contributed by atoms with Crippen LogP contribution in [0.2, 0.25) is 0 Å². The lowest BCUT2D eigenvalue weighted by molar-refractivity contribution is -0.138. The summed E-state index contributed by atoms with van der Waals surface area (Å²) < 4.78 is 5.08. The lowest BCUT2D eigenvalue weighted by atomic mass is 10.00. The van der Waals surface area contributed by atoms with Crippen molar-refractivity contribution in [3.8, 4) is 0 Å². The molecule has 0 aromatic heterocycles. The molecule has 1 saturated heterocycles. The molecule has 76 valence electrons. The van der Waals surface area contributed by atoms with E-state index in [2.05, 4.69) is 6.92 Å². The third kappa shape index (κ3) is 2.97. The van der Waals surface area contributed by atoms with E-state index in [1.165, 1.54) is 0 Å². The highest BCUT2D eigenvalue weighted by Gasteiger charge is 2.30. The van der Waals surface area contributed by atoms with Crippen LogP contribution in [0.25, 0.3) is 0 Å². The van der Waals surface area contributed by atoms with Crippen molar-refractivity contribution in [2.45, 2.75) is 6.92 Å². The monoisotopic (exact) mass is 187 g/mol. The van der Waals surface area contributed by atoms with Crippen LogP contribution in [0.5, 0.6) is 0 Å². The summed E-state index contributed by atoms with van der Waals surface area (Å²) in [6.07, 6.45) is 0. The first-order valence-corrected chi connectivity index (χ1v) is 4.56. The fourth-order valence-electron chi connectivity index (χ4n) is 1.89. The number of methoxy groups -OCH3 is 1. The first-order valence-electron chi connectivity index (χ1n) is 4.56. The summed E-state index contributed by atoms with van der Waals surface area (Å²) in [4.78, 5) is 12.4. The van der Waals surface area contributed by atoms with Gasteiger partial charge in [0.2, 0.25) is 0 Å². The molecule has 0 radical (unpaired) electrons. The van der Waals surface area contributed by atoms with Gasteiger partial charge in [-0.2, -0.15) is 0 Å². The normalized spacial score (nSPS) is 29.4. The molecule has 0 bridgehead atoms. The fourth-order valence-corrected chi connectivity index (χ4v) is 1.89. The molecule has 1 aliphatic heterocycles. The molecule has 1 aliphatic rings. The summed E-state index contributed by atoms with van der Waals surface area (Å²) in [7, 11) is 1.69. The van der Waals surface area contributed by atoms with E-state index in [0.29, 0.717) is 11.8 Å². The summed E-state index contributed by atoms with van der Waals surface area (Å²) in [6.45, 7) is 4.76. The Hall–Kier alpha value is -0.610. The minimum absolute atomic E-state index is 0.157. The molecule has 0 aromatic carbocycles. The van der Waals surface area contributed by atoms with Crippen molar-refractivity contribution >= 4 is 5.97 Å². The summed E-state index contributed by atoms with van der Waals surface area (Å²) in [6, 6.07) is 0. The molecule has 0 aromatic rings. The highest BCUT2D eigenvalue weighted by atomic mass is 16.5. The smallest absolute Gasteiger partial charge is 0.317 e. The molecule has 0 unspecified atom stereocenters. The van der Waals surface area contributed by atoms with Gasteiger partial charge in [-0.15, -0.1) is 0 Å². The number of carboxylic acid groups (broad SMARTS) is 1. The van der Waals surface area contributed by atoms with Gasteiger partial charge >= 0.3 is 5.97 Å². The molecular formula is C9H17NO3. The maximum Gasteiger partial charge on any atom is 0.317 e. The van der Waals surface area contributed by atoms with Crippen LogP contribution in [0.15, 0.2) is 0 Å². The molecule has 1 rings (SSSR count). The largest absolute Gasteiger partial charge is 0.480 e. The highest BCUT2D eigenvalue weighted by molar-refractivity contribution is 5.69. The predicted molar refractivity (Wildman–Crippen MR) is 48.6 cm³/mol. The summed E-state index contributed by atoms with van der Waals surface area (Å²) in [5.74, 6) is 0.286. The van der Waals surface area contributed by atoms with Crippen LogP contribution >= 0.6 is 0 Å². The molecular weight excluding hydrogens is 170 g/mol. The Bertz CT molecular complexity index is 184. The number of hydrogen-bond donors (Lipinski definition) is 1. The summed E-state index contributed by atoms with van der Waals surface area (Å²) >= 11 is 0. The van der Waals surface area contributed by atoms with E-state index in [0.717, 1.165) is 19.7 Å². The Morgan fingerprint density at radius 2 is 2.31 bits per heavy atom. The van der Waals surface area contributed by atoms with Gasteiger partial charge < -0.3 is 9.84 Å². The standard InChI is InChI=1S/C9H17NO3/c1-7-3-10(5-9(11)12)4-8(7)6-13-2/h7-8H,3-6H2,1-2H3,(H,11,12)/t7-,8+/m0/s1. The van der Waals surface area contributed by atoms with E-state index in [1.54, 1.807) is 7.11 Å². The second-order valence-corrected chi connectivity index (χ2v) is 3.78. The zero-order valence-corrected chi connectivity index (χ0v) is 8.19. The van der Waals surface area contributed by atoms with E-state index < -0.39 is 5.97 Å². The lowest BCUT2D eigenvalue weighted by Gasteiger charge is -2.12. The minimum Gasteiger partial charge on any atom is -0.480 e. The van der Waals surface area contributed by atoms with Crippen LogP contribution in [0.1, 0.15) is 6.92 Å². The Kier molecular flexibility index (Phi) is 3.69. The number of rotatable bonds is 4. The number of nitrogens with zero attached hydrogens (tertiary/aromatic N) is 1. The Morgan fingerprint density at radius 3 is 2.85 bits per heavy atom. The van der Waals surface area contributed by atoms with Crippen LogP contribution in [-0.4, -0.2) is 49.3 Å². The maximum absolute atomic E-state index is 10.5. The van der Waals surface area contributed by atoms with Crippen LogP contribution in [-0.2, 0) is 9.53 Å². The molecule has 0 saturated carbocycles. The number of carbonyl (C=O) groups is 1. The van der Waals surface area contributed by atoms with Gasteiger partial charge in [-0.3, -0.25) is 9.69 Å². The zero-order chi connectivity index (χ0) is 9.84. The second kappa shape index (κ2) is 4.58. The number of carboxylic acids is 1. The highest BCUT2D eigenvalue weighted by Crippen LogP contribution is 2.22. The average Bonchev–Trinajstić information content (AvgIpc) is 2.31. The third-order valence-corrected chi connectivity index (χ3v) is 2.58. The van der Waals surface area contributed by atoms with Crippen LogP contribution in [0, 0.1) is 11.8 Å². The third-order valence-electron chi connectivity index (χ3n) is 2.58. The van der Waals surface area contributed by atoms with Crippen molar-refractivity contribution in [2.24, 2.45) is 11.8 Å². The van der Waals surface area contributed by atoms with E-state index in [9.17, 15) is 4.79 Å². The van der Waals surface area contributed by atoms with Gasteiger partial charge in [0.1, 0.15) is 0 Å². The van der Waals surface area contributed by atoms with Gasteiger partial charge in [0.15, 0.2) is 0 Å². The van der Waals surface area contributed by atoms with E-state index >= 15 is 0 Å².